The fourth-order valence-corrected chi connectivity index (χ4v) is 3.96. The summed E-state index contributed by atoms with van der Waals surface area (Å²) < 4.78 is 30.5. The van der Waals surface area contributed by atoms with E-state index in [0.29, 0.717) is 48.8 Å². The van der Waals surface area contributed by atoms with Gasteiger partial charge in [-0.25, -0.2) is 12.7 Å². The lowest BCUT2D eigenvalue weighted by molar-refractivity contribution is 0.0793. The van der Waals surface area contributed by atoms with Crippen molar-refractivity contribution in [1.29, 1.82) is 0 Å². The Morgan fingerprint density at radius 2 is 2.15 bits per heavy atom. The third-order valence-corrected chi connectivity index (χ3v) is 5.86. The molecule has 0 N–H and O–H groups in total. The average molecular weight is 411 g/mol. The Kier molecular flexibility index (Phi) is 7.31. The summed E-state index contributed by atoms with van der Waals surface area (Å²) >= 11 is 6.29. The summed E-state index contributed by atoms with van der Waals surface area (Å²) in [4.78, 5) is 14.0. The quantitative estimate of drug-likeness (QED) is 0.511. The van der Waals surface area contributed by atoms with Crippen LogP contribution in [0.4, 0.5) is 0 Å². The normalized spacial score (nSPS) is 15.7. The highest BCUT2D eigenvalue weighted by Gasteiger charge is 2.26. The zero-order valence-corrected chi connectivity index (χ0v) is 16.8. The van der Waals surface area contributed by atoms with E-state index in [0.717, 1.165) is 0 Å². The highest BCUT2D eigenvalue weighted by atomic mass is 35.5. The Bertz CT molecular complexity index is 840. The highest BCUT2D eigenvalue weighted by Crippen LogP contribution is 2.29. The number of carbonyl (C=O) groups is 1. The molecule has 27 heavy (non-hydrogen) atoms. The van der Waals surface area contributed by atoms with E-state index in [1.165, 1.54) is 15.5 Å². The smallest absolute Gasteiger partial charge is 0.254 e. The number of benzene rings is 1. The van der Waals surface area contributed by atoms with Gasteiger partial charge in [-0.15, -0.1) is 13.0 Å². The van der Waals surface area contributed by atoms with Gasteiger partial charge in [-0.2, -0.15) is 0 Å². The second kappa shape index (κ2) is 9.27. The van der Waals surface area contributed by atoms with Crippen molar-refractivity contribution in [3.63, 3.8) is 0 Å². The van der Waals surface area contributed by atoms with E-state index in [-0.39, 0.29) is 18.6 Å². The van der Waals surface area contributed by atoms with Crippen LogP contribution in [0.5, 0.6) is 5.75 Å². The molecule has 0 radical (unpaired) electrons. The van der Waals surface area contributed by atoms with Gasteiger partial charge >= 0.3 is 0 Å². The van der Waals surface area contributed by atoms with Crippen LogP contribution in [0.3, 0.4) is 0 Å². The van der Waals surface area contributed by atoms with Gasteiger partial charge in [-0.1, -0.05) is 23.6 Å². The van der Waals surface area contributed by atoms with Gasteiger partial charge in [-0.05, 0) is 31.0 Å². The van der Waals surface area contributed by atoms with Gasteiger partial charge in [0.1, 0.15) is 11.9 Å². The van der Waals surface area contributed by atoms with E-state index in [2.05, 4.69) is 12.5 Å². The number of sulfonamides is 1. The van der Waals surface area contributed by atoms with Crippen LogP contribution in [0.15, 0.2) is 30.9 Å². The summed E-state index contributed by atoms with van der Waals surface area (Å²) in [5, 5.41) is 0.325. The largest absolute Gasteiger partial charge is 0.489 e. The molecule has 1 aromatic carbocycles. The number of terminal acetylenes is 1. The molecule has 0 aliphatic carbocycles. The molecule has 0 spiro atoms. The van der Waals surface area contributed by atoms with E-state index in [4.69, 9.17) is 22.8 Å². The predicted molar refractivity (Wildman–Crippen MR) is 106 cm³/mol. The van der Waals surface area contributed by atoms with Gasteiger partial charge in [0.15, 0.2) is 0 Å². The Labute approximate surface area is 165 Å². The van der Waals surface area contributed by atoms with Crippen molar-refractivity contribution in [2.75, 3.05) is 32.4 Å². The summed E-state index contributed by atoms with van der Waals surface area (Å²) in [7, 11) is -3.17. The standard InChI is InChI=1S/C19H23ClN2O4S/c1-4-10-21(11-5-2)19(23)15-6-7-18(17(20)14-15)26-16-8-12-22(13-9-16)27(3,24)25/h1,5-7,14,16H,2,8-13H2,3H3. The van der Waals surface area contributed by atoms with Crippen LogP contribution in [0.2, 0.25) is 5.02 Å². The average Bonchev–Trinajstić information content (AvgIpc) is 2.62. The van der Waals surface area contributed by atoms with Gasteiger partial charge in [0, 0.05) is 25.2 Å². The number of rotatable bonds is 7. The van der Waals surface area contributed by atoms with Gasteiger partial charge in [0.25, 0.3) is 5.91 Å². The number of halogens is 1. The molecular formula is C19H23ClN2O4S. The topological polar surface area (TPSA) is 66.9 Å². The number of hydrogen-bond acceptors (Lipinski definition) is 4. The predicted octanol–water partition coefficient (Wildman–Crippen LogP) is 2.40. The second-order valence-corrected chi connectivity index (χ2v) is 8.69. The molecule has 0 bridgehead atoms. The van der Waals surface area contributed by atoms with E-state index >= 15 is 0 Å². The minimum atomic E-state index is -3.17. The number of amides is 1. The van der Waals surface area contributed by atoms with Crippen molar-refractivity contribution in [3.8, 4) is 18.1 Å². The first-order chi connectivity index (χ1) is 12.8. The van der Waals surface area contributed by atoms with Crippen molar-refractivity contribution in [3.05, 3.63) is 41.4 Å². The van der Waals surface area contributed by atoms with Gasteiger partial charge in [0.05, 0.1) is 17.8 Å². The van der Waals surface area contributed by atoms with Crippen LogP contribution in [-0.2, 0) is 10.0 Å². The molecule has 0 unspecified atom stereocenters. The molecule has 0 atom stereocenters. The lowest BCUT2D eigenvalue weighted by atomic mass is 10.1. The summed E-state index contributed by atoms with van der Waals surface area (Å²) in [5.74, 6) is 2.69. The molecule has 1 aromatic rings. The lowest BCUT2D eigenvalue weighted by Crippen LogP contribution is -2.41. The van der Waals surface area contributed by atoms with E-state index in [9.17, 15) is 13.2 Å². The lowest BCUT2D eigenvalue weighted by Gasteiger charge is -2.30. The van der Waals surface area contributed by atoms with Crippen LogP contribution in [0.25, 0.3) is 0 Å². The number of carbonyl (C=O) groups excluding carboxylic acids is 1. The fourth-order valence-electron chi connectivity index (χ4n) is 2.86. The van der Waals surface area contributed by atoms with Crippen LogP contribution in [-0.4, -0.2) is 62.1 Å². The third kappa shape index (κ3) is 5.73. The number of ether oxygens (including phenoxy) is 1. The summed E-state index contributed by atoms with van der Waals surface area (Å²) in [6.45, 7) is 4.99. The molecule has 146 valence electrons. The molecule has 0 aromatic heterocycles. The number of hydrogen-bond donors (Lipinski definition) is 0. The molecule has 0 saturated carbocycles. The summed E-state index contributed by atoms with van der Waals surface area (Å²) in [6, 6.07) is 4.85. The van der Waals surface area contributed by atoms with Gasteiger partial charge in [-0.3, -0.25) is 4.79 Å². The molecule has 1 heterocycles. The first kappa shape index (κ1) is 21.3. The minimum absolute atomic E-state index is 0.124. The van der Waals surface area contributed by atoms with Crippen LogP contribution in [0, 0.1) is 12.3 Å². The Morgan fingerprint density at radius 1 is 1.48 bits per heavy atom. The minimum Gasteiger partial charge on any atom is -0.489 e. The maximum Gasteiger partial charge on any atom is 0.254 e. The van der Waals surface area contributed by atoms with Crippen LogP contribution < -0.4 is 4.74 Å². The van der Waals surface area contributed by atoms with E-state index < -0.39 is 10.0 Å². The highest BCUT2D eigenvalue weighted by molar-refractivity contribution is 7.88. The monoisotopic (exact) mass is 410 g/mol. The fraction of sp³-hybridized carbons (Fsp3) is 0.421. The summed E-state index contributed by atoms with van der Waals surface area (Å²) in [6.07, 6.45) is 9.16. The molecule has 1 amide bonds. The molecule has 8 heteroatoms. The summed E-state index contributed by atoms with van der Waals surface area (Å²) in [5.41, 5.74) is 0.413. The maximum absolute atomic E-state index is 12.5. The van der Waals surface area contributed by atoms with Crippen LogP contribution in [0.1, 0.15) is 23.2 Å². The SMILES string of the molecule is C#CCN(CC=C)C(=O)c1ccc(OC2CCN(S(C)(=O)=O)CC2)c(Cl)c1. The number of piperidine rings is 1. The van der Waals surface area contributed by atoms with Crippen LogP contribution >= 0.6 is 11.6 Å². The Balaban J connectivity index is 2.04. The van der Waals surface area contributed by atoms with Crippen molar-refractivity contribution < 1.29 is 17.9 Å². The maximum atomic E-state index is 12.5. The third-order valence-electron chi connectivity index (χ3n) is 4.26. The molecule has 2 rings (SSSR count). The molecule has 1 fully saturated rings. The molecular weight excluding hydrogens is 388 g/mol. The zero-order chi connectivity index (χ0) is 20.0. The molecule has 6 nitrogen and oxygen atoms in total. The molecule has 1 aliphatic rings. The van der Waals surface area contributed by atoms with Crippen molar-refractivity contribution in [2.45, 2.75) is 18.9 Å². The Hall–Kier alpha value is -2.01. The van der Waals surface area contributed by atoms with E-state index in [1.807, 2.05) is 0 Å². The van der Waals surface area contributed by atoms with E-state index in [1.54, 1.807) is 24.3 Å². The van der Waals surface area contributed by atoms with Crippen molar-refractivity contribution in [1.82, 2.24) is 9.21 Å². The molecule has 1 aliphatic heterocycles. The number of nitrogens with zero attached hydrogens (tertiary/aromatic N) is 2. The first-order valence-corrected chi connectivity index (χ1v) is 10.7. The zero-order valence-electron chi connectivity index (χ0n) is 15.2. The van der Waals surface area contributed by atoms with Crippen molar-refractivity contribution >= 4 is 27.5 Å². The van der Waals surface area contributed by atoms with Crippen molar-refractivity contribution in [2.24, 2.45) is 0 Å². The second-order valence-electron chi connectivity index (χ2n) is 6.30. The van der Waals surface area contributed by atoms with Gasteiger partial charge in [0.2, 0.25) is 10.0 Å². The molecule has 1 saturated heterocycles. The van der Waals surface area contributed by atoms with Gasteiger partial charge < -0.3 is 9.64 Å². The Morgan fingerprint density at radius 3 is 2.67 bits per heavy atom. The first-order valence-electron chi connectivity index (χ1n) is 8.51.